The van der Waals surface area contributed by atoms with Crippen LogP contribution >= 0.6 is 0 Å². The Balaban J connectivity index is 0.00000307. The van der Waals surface area contributed by atoms with E-state index in [0.29, 0.717) is 62.8 Å². The Hall–Kier alpha value is -6.09. The number of pyridine rings is 1. The number of methoxy groups -OCH3 is 2. The Morgan fingerprint density at radius 3 is 1.59 bits per heavy atom. The molecule has 0 amide bonds. The number of aryl methyl sites for hydroxylation is 3. The van der Waals surface area contributed by atoms with E-state index in [9.17, 15) is 9.59 Å². The molecule has 9 heteroatoms. The molecule has 0 N–H and O–H groups in total. The summed E-state index contributed by atoms with van der Waals surface area (Å²) in [5, 5.41) is 0. The van der Waals surface area contributed by atoms with Crippen molar-refractivity contribution in [1.29, 1.82) is 0 Å². The van der Waals surface area contributed by atoms with Crippen LogP contribution in [0.1, 0.15) is 162 Å². The number of rotatable bonds is 25. The number of hydrogen-bond acceptors (Lipinski definition) is 9. The van der Waals surface area contributed by atoms with Gasteiger partial charge in [-0.2, -0.15) is 0 Å². The first kappa shape index (κ1) is 57.2. The molecule has 0 bridgehead atoms. The Morgan fingerprint density at radius 2 is 1.12 bits per heavy atom. The molecule has 0 saturated heterocycles. The van der Waals surface area contributed by atoms with Crippen LogP contribution in [0.3, 0.4) is 0 Å². The van der Waals surface area contributed by atoms with Crippen molar-refractivity contribution in [2.45, 2.75) is 148 Å². The molecule has 5 aromatic rings. The zero-order valence-electron chi connectivity index (χ0n) is 44.3. The van der Waals surface area contributed by atoms with E-state index in [2.05, 4.69) is 84.0 Å². The Morgan fingerprint density at radius 1 is 0.594 bits per heavy atom. The molecule has 0 aliphatic rings. The van der Waals surface area contributed by atoms with Gasteiger partial charge in [0.25, 0.3) is 0 Å². The molecule has 0 saturated carbocycles. The van der Waals surface area contributed by atoms with Gasteiger partial charge >= 0.3 is 0 Å². The first-order valence-electron chi connectivity index (χ1n) is 25.4. The molecule has 5 rings (SSSR count). The third-order valence-corrected chi connectivity index (χ3v) is 12.3. The molecule has 1 aromatic heterocycles. The van der Waals surface area contributed by atoms with Crippen LogP contribution in [-0.4, -0.2) is 43.2 Å². The van der Waals surface area contributed by atoms with E-state index < -0.39 is 0 Å². The fourth-order valence-corrected chi connectivity index (χ4v) is 8.14. The van der Waals surface area contributed by atoms with Crippen molar-refractivity contribution >= 4 is 35.4 Å². The SMILES string of the molecule is CC.CC.CCCC(C=Nc1cc(OCc2cccc(COc3cc(N=CC(Cc4ccc(CC)cc4CC)C(C)CC)c(C(C)=O)cc3OC)n2)c(OC)cc1C(C)=O)Cc1ccccc1CC. The number of nitrogens with zero attached hydrogens (tertiary/aromatic N) is 3. The lowest BCUT2D eigenvalue weighted by Crippen LogP contribution is -2.16. The summed E-state index contributed by atoms with van der Waals surface area (Å²) in [6, 6.07) is 28.0. The maximum absolute atomic E-state index is 12.9. The van der Waals surface area contributed by atoms with E-state index in [4.69, 9.17) is 33.9 Å². The van der Waals surface area contributed by atoms with Crippen LogP contribution in [0, 0.1) is 17.8 Å². The Bertz CT molecular complexity index is 2440. The summed E-state index contributed by atoms with van der Waals surface area (Å²) >= 11 is 0. The lowest BCUT2D eigenvalue weighted by molar-refractivity contribution is 0.100. The summed E-state index contributed by atoms with van der Waals surface area (Å²) in [4.78, 5) is 40.5. The lowest BCUT2D eigenvalue weighted by Gasteiger charge is -2.21. The molecule has 0 fully saturated rings. The van der Waals surface area contributed by atoms with Crippen LogP contribution in [0.5, 0.6) is 23.0 Å². The zero-order valence-corrected chi connectivity index (χ0v) is 44.3. The minimum atomic E-state index is -0.111. The van der Waals surface area contributed by atoms with Gasteiger partial charge in [-0.05, 0) is 116 Å². The van der Waals surface area contributed by atoms with E-state index in [1.54, 1.807) is 45.4 Å². The summed E-state index contributed by atoms with van der Waals surface area (Å²) in [5.41, 5.74) is 10.1. The minimum absolute atomic E-state index is 0.111. The monoisotopic (exact) mass is 940 g/mol. The van der Waals surface area contributed by atoms with E-state index >= 15 is 0 Å². The fourth-order valence-electron chi connectivity index (χ4n) is 8.14. The predicted molar refractivity (Wildman–Crippen MR) is 288 cm³/mol. The number of Topliss-reactive ketones (excluding diaryl/α,β-unsaturated/α-hetero) is 2. The third kappa shape index (κ3) is 16.8. The molecule has 0 spiro atoms. The van der Waals surface area contributed by atoms with Gasteiger partial charge in [0.05, 0.1) is 37.0 Å². The zero-order chi connectivity index (χ0) is 50.9. The molecule has 0 aliphatic carbocycles. The second-order valence-electron chi connectivity index (χ2n) is 16.8. The van der Waals surface area contributed by atoms with Crippen molar-refractivity contribution in [1.82, 2.24) is 4.98 Å². The molecule has 9 nitrogen and oxygen atoms in total. The van der Waals surface area contributed by atoms with Gasteiger partial charge in [0.1, 0.15) is 13.2 Å². The van der Waals surface area contributed by atoms with Crippen molar-refractivity contribution in [3.63, 3.8) is 0 Å². The van der Waals surface area contributed by atoms with Crippen molar-refractivity contribution in [3.05, 3.63) is 135 Å². The molecule has 0 aliphatic heterocycles. The molecule has 69 heavy (non-hydrogen) atoms. The second kappa shape index (κ2) is 30.4. The largest absolute Gasteiger partial charge is 0.493 e. The first-order chi connectivity index (χ1) is 33.4. The Labute approximate surface area is 415 Å². The smallest absolute Gasteiger partial charge is 0.163 e. The maximum Gasteiger partial charge on any atom is 0.163 e. The minimum Gasteiger partial charge on any atom is -0.493 e. The van der Waals surface area contributed by atoms with Gasteiger partial charge in [-0.15, -0.1) is 0 Å². The predicted octanol–water partition coefficient (Wildman–Crippen LogP) is 15.4. The van der Waals surface area contributed by atoms with Crippen LogP contribution < -0.4 is 18.9 Å². The van der Waals surface area contributed by atoms with E-state index in [0.717, 1.165) is 51.4 Å². The average Bonchev–Trinajstić information content (AvgIpc) is 3.38. The van der Waals surface area contributed by atoms with Crippen molar-refractivity contribution < 1.29 is 28.5 Å². The fraction of sp³-hybridized carbons (Fsp3) is 0.450. The van der Waals surface area contributed by atoms with Crippen molar-refractivity contribution in [2.75, 3.05) is 14.2 Å². The quantitative estimate of drug-likeness (QED) is 0.0423. The standard InChI is InChI=1S/C56H69N3O6.2C2H6/c1-11-19-41(27-44-21-17-16-20-42(44)14-4)33-57-51-31-55(53(62-9)29-49(51)38(7)60)64-35-47-22-18-23-48(59-47)36-65-56-32-52(50(39(8)61)30-54(56)63-10)58-34-46(37(6)12-2)28-45-25-24-40(13-3)26-43(45)15-5;2*1-2/h16-18,20-26,29-34,37,41,46H,11-15,19,27-28,35-36H2,1-10H3;2*1-2H3. The molecule has 4 aromatic carbocycles. The molecule has 3 atom stereocenters. The highest BCUT2D eigenvalue weighted by molar-refractivity contribution is 6.01. The molecule has 0 radical (unpaired) electrons. The summed E-state index contributed by atoms with van der Waals surface area (Å²) < 4.78 is 24.1. The summed E-state index contributed by atoms with van der Waals surface area (Å²) in [5.74, 6) is 2.30. The van der Waals surface area contributed by atoms with Gasteiger partial charge in [-0.25, -0.2) is 0 Å². The number of ether oxygens (including phenoxy) is 4. The number of carbonyl (C=O) groups is 2. The number of carbonyl (C=O) groups excluding carboxylic acids is 2. The molecule has 1 heterocycles. The van der Waals surface area contributed by atoms with E-state index in [1.165, 1.54) is 34.7 Å². The average molecular weight is 940 g/mol. The lowest BCUT2D eigenvalue weighted by atomic mass is 9.85. The summed E-state index contributed by atoms with van der Waals surface area (Å²) in [7, 11) is 3.11. The van der Waals surface area contributed by atoms with Crippen LogP contribution in [-0.2, 0) is 45.3 Å². The van der Waals surface area contributed by atoms with Crippen molar-refractivity contribution in [3.8, 4) is 23.0 Å². The van der Waals surface area contributed by atoms with Crippen LogP contribution in [0.4, 0.5) is 11.4 Å². The van der Waals surface area contributed by atoms with Gasteiger partial charge in [-0.3, -0.25) is 24.6 Å². The molecule has 372 valence electrons. The summed E-state index contributed by atoms with van der Waals surface area (Å²) in [6.45, 7) is 24.6. The topological polar surface area (TPSA) is 109 Å². The molecular formula is C60H81N3O6. The van der Waals surface area contributed by atoms with Crippen molar-refractivity contribution in [2.24, 2.45) is 27.7 Å². The van der Waals surface area contributed by atoms with Crippen LogP contribution in [0.15, 0.2) is 94.9 Å². The second-order valence-corrected chi connectivity index (χ2v) is 16.8. The normalized spacial score (nSPS) is 12.3. The van der Waals surface area contributed by atoms with Gasteiger partial charge in [0.15, 0.2) is 34.6 Å². The highest BCUT2D eigenvalue weighted by Crippen LogP contribution is 2.38. The van der Waals surface area contributed by atoms with Crippen LogP contribution in [0.2, 0.25) is 0 Å². The number of hydrogen-bond donors (Lipinski definition) is 0. The number of ketones is 2. The number of aliphatic imine (C=N–C) groups is 2. The van der Waals surface area contributed by atoms with Crippen LogP contribution in [0.25, 0.3) is 0 Å². The molecule has 3 unspecified atom stereocenters. The maximum atomic E-state index is 12.9. The van der Waals surface area contributed by atoms with Gasteiger partial charge < -0.3 is 18.9 Å². The first-order valence-corrected chi connectivity index (χ1v) is 25.4. The number of aromatic nitrogens is 1. The van der Waals surface area contributed by atoms with E-state index in [1.807, 2.05) is 58.3 Å². The van der Waals surface area contributed by atoms with Gasteiger partial charge in [0.2, 0.25) is 0 Å². The Kier molecular flexibility index (Phi) is 25.2. The highest BCUT2D eigenvalue weighted by Gasteiger charge is 2.20. The number of benzene rings is 4. The summed E-state index contributed by atoms with van der Waals surface area (Å²) in [6.07, 6.45) is 11.7. The van der Waals surface area contributed by atoms with Gasteiger partial charge in [0, 0.05) is 41.6 Å². The van der Waals surface area contributed by atoms with E-state index in [-0.39, 0.29) is 36.6 Å². The highest BCUT2D eigenvalue weighted by atomic mass is 16.5. The van der Waals surface area contributed by atoms with Gasteiger partial charge in [-0.1, -0.05) is 131 Å². The third-order valence-electron chi connectivity index (χ3n) is 12.3. The molecular weight excluding hydrogens is 859 g/mol.